The number of anilines is 2. The lowest BCUT2D eigenvalue weighted by Crippen LogP contribution is -2.53. The Morgan fingerprint density at radius 1 is 1.05 bits per heavy atom. The quantitative estimate of drug-likeness (QED) is 0.198. The number of carbonyl (C=O) groups is 3. The molecule has 0 unspecified atom stereocenters. The highest BCUT2D eigenvalue weighted by Crippen LogP contribution is 2.27. The van der Waals surface area contributed by atoms with Crippen LogP contribution in [0.3, 0.4) is 0 Å². The summed E-state index contributed by atoms with van der Waals surface area (Å²) in [6.45, 7) is 5.46. The van der Waals surface area contributed by atoms with E-state index in [2.05, 4.69) is 28.2 Å². The number of unbranched alkanes of at least 4 members (excludes halogenated alkanes) is 1. The normalized spacial score (nSPS) is 17.7. The first kappa shape index (κ1) is 32.5. The number of aliphatic hydroxyl groups is 1. The Kier molecular flexibility index (Phi) is 12.4. The molecule has 5 N–H and O–H groups in total. The van der Waals surface area contributed by atoms with Crippen LogP contribution in [0.15, 0.2) is 48.5 Å². The summed E-state index contributed by atoms with van der Waals surface area (Å²) in [6, 6.07) is 14.3. The van der Waals surface area contributed by atoms with Crippen molar-refractivity contribution >= 4 is 29.1 Å². The predicted octanol–water partition coefficient (Wildman–Crippen LogP) is 4.15. The Morgan fingerprint density at radius 3 is 2.51 bits per heavy atom. The van der Waals surface area contributed by atoms with Gasteiger partial charge in [-0.25, -0.2) is 0 Å². The second kappa shape index (κ2) is 16.4. The lowest BCUT2D eigenvalue weighted by atomic mass is 9.95. The van der Waals surface area contributed by atoms with Crippen molar-refractivity contribution in [2.75, 3.05) is 29.9 Å². The van der Waals surface area contributed by atoms with Gasteiger partial charge in [0.1, 0.15) is 0 Å². The van der Waals surface area contributed by atoms with Gasteiger partial charge in [0.25, 0.3) is 5.91 Å². The smallest absolute Gasteiger partial charge is 0.251 e. The Balaban J connectivity index is 1.46. The molecule has 2 aromatic carbocycles. The average molecular weight is 592 g/mol. The first-order valence-electron chi connectivity index (χ1n) is 16.1. The van der Waals surface area contributed by atoms with Crippen molar-refractivity contribution in [3.05, 3.63) is 59.7 Å². The van der Waals surface area contributed by atoms with E-state index >= 15 is 0 Å². The Morgan fingerprint density at radius 2 is 1.81 bits per heavy atom. The van der Waals surface area contributed by atoms with Gasteiger partial charge in [0.2, 0.25) is 11.8 Å². The fourth-order valence-corrected chi connectivity index (χ4v) is 5.84. The van der Waals surface area contributed by atoms with Gasteiger partial charge in [-0.2, -0.15) is 0 Å². The molecule has 2 aliphatic rings. The third-order valence-corrected chi connectivity index (χ3v) is 8.48. The number of carbonyl (C=O) groups excluding carboxylic acids is 3. The molecule has 0 radical (unpaired) electrons. The third kappa shape index (κ3) is 9.79. The van der Waals surface area contributed by atoms with E-state index in [9.17, 15) is 19.5 Å². The fraction of sp³-hybridized carbons (Fsp3) is 0.559. The maximum Gasteiger partial charge on any atom is 0.251 e. The molecule has 9 nitrogen and oxygen atoms in total. The summed E-state index contributed by atoms with van der Waals surface area (Å²) in [7, 11) is 0. The summed E-state index contributed by atoms with van der Waals surface area (Å²) in [5.74, 6) is -0.337. The monoisotopic (exact) mass is 591 g/mol. The third-order valence-electron chi connectivity index (χ3n) is 8.48. The van der Waals surface area contributed by atoms with E-state index in [-0.39, 0.29) is 30.3 Å². The van der Waals surface area contributed by atoms with Crippen molar-refractivity contribution in [2.45, 2.75) is 102 Å². The summed E-state index contributed by atoms with van der Waals surface area (Å²) >= 11 is 0. The molecule has 43 heavy (non-hydrogen) atoms. The molecule has 3 atom stereocenters. The summed E-state index contributed by atoms with van der Waals surface area (Å²) in [6.07, 6.45) is 8.32. The number of benzene rings is 2. The number of amides is 3. The fourth-order valence-electron chi connectivity index (χ4n) is 5.84. The molecular formula is C34H49N5O4. The van der Waals surface area contributed by atoms with Crippen LogP contribution in [0.2, 0.25) is 0 Å². The van der Waals surface area contributed by atoms with Crippen LogP contribution in [0.1, 0.15) is 87.6 Å². The van der Waals surface area contributed by atoms with E-state index in [4.69, 9.17) is 0 Å². The van der Waals surface area contributed by atoms with Crippen LogP contribution < -0.4 is 26.2 Å². The minimum absolute atomic E-state index is 0.0576. The second-order valence-corrected chi connectivity index (χ2v) is 12.0. The highest BCUT2D eigenvalue weighted by Gasteiger charge is 2.27. The van der Waals surface area contributed by atoms with Crippen LogP contribution in [-0.4, -0.2) is 66.7 Å². The highest BCUT2D eigenvalue weighted by atomic mass is 16.3. The van der Waals surface area contributed by atoms with Crippen LogP contribution >= 0.6 is 0 Å². The van der Waals surface area contributed by atoms with Crippen LogP contribution in [0, 0.1) is 0 Å². The van der Waals surface area contributed by atoms with E-state index in [1.807, 2.05) is 36.4 Å². The van der Waals surface area contributed by atoms with E-state index in [1.54, 1.807) is 24.0 Å². The zero-order chi connectivity index (χ0) is 30.6. The van der Waals surface area contributed by atoms with Gasteiger partial charge in [0.05, 0.1) is 18.2 Å². The van der Waals surface area contributed by atoms with Gasteiger partial charge in [0.15, 0.2) is 0 Å². The Bertz CT molecular complexity index is 1200. The van der Waals surface area contributed by atoms with Gasteiger partial charge >= 0.3 is 0 Å². The van der Waals surface area contributed by atoms with Crippen molar-refractivity contribution in [1.82, 2.24) is 16.0 Å². The van der Waals surface area contributed by atoms with Gasteiger partial charge in [-0.3, -0.25) is 14.4 Å². The number of rotatable bonds is 15. The van der Waals surface area contributed by atoms with Crippen molar-refractivity contribution in [3.8, 4) is 0 Å². The molecule has 9 heteroatoms. The summed E-state index contributed by atoms with van der Waals surface area (Å²) < 4.78 is 0. The molecule has 1 saturated carbocycles. The number of nitrogens with zero attached hydrogens (tertiary/aromatic N) is 1. The van der Waals surface area contributed by atoms with E-state index < -0.39 is 18.2 Å². The van der Waals surface area contributed by atoms with Gasteiger partial charge in [0, 0.05) is 49.0 Å². The van der Waals surface area contributed by atoms with Crippen molar-refractivity contribution in [3.63, 3.8) is 0 Å². The molecule has 0 spiro atoms. The van der Waals surface area contributed by atoms with E-state index in [0.29, 0.717) is 30.6 Å². The molecule has 1 aliphatic carbocycles. The first-order valence-corrected chi connectivity index (χ1v) is 16.1. The molecule has 3 amide bonds. The van der Waals surface area contributed by atoms with Crippen molar-refractivity contribution in [2.24, 2.45) is 0 Å². The maximum absolute atomic E-state index is 13.7. The van der Waals surface area contributed by atoms with Gasteiger partial charge in [-0.15, -0.1) is 0 Å². The summed E-state index contributed by atoms with van der Waals surface area (Å²) in [4.78, 5) is 40.7. The van der Waals surface area contributed by atoms with Gasteiger partial charge in [-0.05, 0) is 62.8 Å². The zero-order valence-corrected chi connectivity index (χ0v) is 25.7. The predicted molar refractivity (Wildman–Crippen MR) is 171 cm³/mol. The van der Waals surface area contributed by atoms with Crippen LogP contribution in [-0.2, 0) is 16.0 Å². The zero-order valence-electron chi connectivity index (χ0n) is 25.7. The Hall–Kier alpha value is -3.43. The molecule has 1 aliphatic heterocycles. The van der Waals surface area contributed by atoms with Crippen molar-refractivity contribution in [1.29, 1.82) is 0 Å². The number of hydrogen-bond acceptors (Lipinski definition) is 6. The lowest BCUT2D eigenvalue weighted by molar-refractivity contribution is -0.123. The van der Waals surface area contributed by atoms with Gasteiger partial charge in [-0.1, -0.05) is 62.9 Å². The first-order chi connectivity index (χ1) is 20.8. The molecule has 0 bridgehead atoms. The molecular weight excluding hydrogens is 542 g/mol. The molecule has 0 aromatic heterocycles. The number of hydrogen-bond donors (Lipinski definition) is 5. The van der Waals surface area contributed by atoms with Crippen LogP contribution in [0.5, 0.6) is 0 Å². The standard InChI is InChI=1S/C34H49N5O4/c1-3-4-17-35-28-20-26(21-29(22-28)39-18-11-16-32(39)41)34(43)38-30(19-25-12-7-5-8-13-25)31(40)23-36-24(2)33(42)37-27-14-9-6-10-15-27/h5,7-8,12-13,20-22,24,27,30-31,35-36,40H,3-4,6,9-11,14-19,23H2,1-2H3,(H,37,42)(H,38,43)/t24-,30-,31+/m0/s1. The second-order valence-electron chi connectivity index (χ2n) is 12.0. The molecule has 234 valence electrons. The van der Waals surface area contributed by atoms with E-state index in [0.717, 1.165) is 62.7 Å². The molecule has 2 fully saturated rings. The molecule has 4 rings (SSSR count). The maximum atomic E-state index is 13.7. The van der Waals surface area contributed by atoms with Crippen molar-refractivity contribution < 1.29 is 19.5 Å². The van der Waals surface area contributed by atoms with Crippen LogP contribution in [0.25, 0.3) is 0 Å². The number of nitrogens with one attached hydrogen (secondary N) is 4. The largest absolute Gasteiger partial charge is 0.390 e. The number of aliphatic hydroxyl groups excluding tert-OH is 1. The minimum Gasteiger partial charge on any atom is -0.390 e. The summed E-state index contributed by atoms with van der Waals surface area (Å²) in [5, 5.41) is 24.1. The van der Waals surface area contributed by atoms with Crippen LogP contribution in [0.4, 0.5) is 11.4 Å². The van der Waals surface area contributed by atoms with E-state index in [1.165, 1.54) is 6.42 Å². The Labute approximate surface area is 256 Å². The highest BCUT2D eigenvalue weighted by molar-refractivity contribution is 6.00. The average Bonchev–Trinajstić information content (AvgIpc) is 3.46. The molecule has 1 saturated heterocycles. The topological polar surface area (TPSA) is 123 Å². The molecule has 2 aromatic rings. The molecule has 1 heterocycles. The minimum atomic E-state index is -0.945. The lowest BCUT2D eigenvalue weighted by Gasteiger charge is -2.28. The summed E-state index contributed by atoms with van der Waals surface area (Å²) in [5.41, 5.74) is 2.90. The SMILES string of the molecule is CCCCNc1cc(C(=O)N[C@@H](Cc2ccccc2)[C@H](O)CN[C@@H](C)C(=O)NC2CCCCC2)cc(N2CCCC2=O)c1. The van der Waals surface area contributed by atoms with Gasteiger partial charge < -0.3 is 31.3 Å².